The molecule has 3 rings (SSSR count). The Morgan fingerprint density at radius 2 is 2.35 bits per heavy atom. The number of aromatic nitrogens is 1. The van der Waals surface area contributed by atoms with Gasteiger partial charge in [0, 0.05) is 18.0 Å². The second-order valence-electron chi connectivity index (χ2n) is 4.66. The summed E-state index contributed by atoms with van der Waals surface area (Å²) in [5.41, 5.74) is 0.812. The monoisotopic (exact) mass is 309 g/mol. The molecule has 0 aliphatic carbocycles. The zero-order valence-corrected chi connectivity index (χ0v) is 12.1. The van der Waals surface area contributed by atoms with Gasteiger partial charge < -0.3 is 10.6 Å². The SMILES string of the molecule is O=C1CCC(C(=O)Nc2nc3ccc(Cl)cc3s2)CN1. The van der Waals surface area contributed by atoms with E-state index >= 15 is 0 Å². The lowest BCUT2D eigenvalue weighted by Crippen LogP contribution is -2.40. The predicted octanol–water partition coefficient (Wildman–Crippen LogP) is 2.41. The Morgan fingerprint density at radius 3 is 3.10 bits per heavy atom. The number of hydrogen-bond donors (Lipinski definition) is 2. The number of halogens is 1. The fourth-order valence-corrected chi connectivity index (χ4v) is 3.26. The molecule has 1 atom stereocenters. The van der Waals surface area contributed by atoms with Gasteiger partial charge in [0.15, 0.2) is 5.13 Å². The van der Waals surface area contributed by atoms with Gasteiger partial charge in [-0.05, 0) is 24.6 Å². The number of fused-ring (bicyclic) bond motifs is 1. The largest absolute Gasteiger partial charge is 0.355 e. The smallest absolute Gasteiger partial charge is 0.231 e. The first-order valence-corrected chi connectivity index (χ1v) is 7.45. The number of thiazole rings is 1. The van der Waals surface area contributed by atoms with Crippen molar-refractivity contribution < 1.29 is 9.59 Å². The van der Waals surface area contributed by atoms with Crippen molar-refractivity contribution in [2.45, 2.75) is 12.8 Å². The van der Waals surface area contributed by atoms with Gasteiger partial charge in [0.25, 0.3) is 0 Å². The Kier molecular flexibility index (Phi) is 3.58. The van der Waals surface area contributed by atoms with E-state index in [1.165, 1.54) is 11.3 Å². The highest BCUT2D eigenvalue weighted by molar-refractivity contribution is 7.22. The Balaban J connectivity index is 1.72. The molecule has 1 unspecified atom stereocenters. The number of amides is 2. The molecule has 1 fully saturated rings. The van der Waals surface area contributed by atoms with E-state index in [0.29, 0.717) is 29.5 Å². The van der Waals surface area contributed by atoms with Gasteiger partial charge in [-0.1, -0.05) is 22.9 Å². The van der Waals surface area contributed by atoms with Crippen LogP contribution in [0.1, 0.15) is 12.8 Å². The first kappa shape index (κ1) is 13.3. The van der Waals surface area contributed by atoms with Crippen molar-refractivity contribution in [1.29, 1.82) is 0 Å². The molecule has 2 amide bonds. The van der Waals surface area contributed by atoms with Crippen molar-refractivity contribution in [3.63, 3.8) is 0 Å². The molecule has 0 spiro atoms. The average Bonchev–Trinajstić information content (AvgIpc) is 2.80. The summed E-state index contributed by atoms with van der Waals surface area (Å²) in [7, 11) is 0. The summed E-state index contributed by atoms with van der Waals surface area (Å²) >= 11 is 7.31. The summed E-state index contributed by atoms with van der Waals surface area (Å²) in [6.45, 7) is 0.390. The number of nitrogens with zero attached hydrogens (tertiary/aromatic N) is 1. The molecule has 2 N–H and O–H groups in total. The molecule has 0 radical (unpaired) electrons. The van der Waals surface area contributed by atoms with Crippen molar-refractivity contribution in [1.82, 2.24) is 10.3 Å². The maximum Gasteiger partial charge on any atom is 0.231 e. The van der Waals surface area contributed by atoms with E-state index in [-0.39, 0.29) is 17.7 Å². The lowest BCUT2D eigenvalue weighted by Gasteiger charge is -2.20. The molecule has 5 nitrogen and oxygen atoms in total. The molecular weight excluding hydrogens is 298 g/mol. The van der Waals surface area contributed by atoms with Gasteiger partial charge in [-0.25, -0.2) is 4.98 Å². The van der Waals surface area contributed by atoms with Crippen molar-refractivity contribution in [3.05, 3.63) is 23.2 Å². The van der Waals surface area contributed by atoms with Crippen molar-refractivity contribution in [2.75, 3.05) is 11.9 Å². The molecule has 20 heavy (non-hydrogen) atoms. The van der Waals surface area contributed by atoms with E-state index in [9.17, 15) is 9.59 Å². The van der Waals surface area contributed by atoms with Crippen LogP contribution >= 0.6 is 22.9 Å². The Labute approximate surface area is 124 Å². The number of hydrogen-bond acceptors (Lipinski definition) is 4. The number of carbonyl (C=O) groups is 2. The molecule has 1 saturated heterocycles. The quantitative estimate of drug-likeness (QED) is 0.895. The second-order valence-corrected chi connectivity index (χ2v) is 6.13. The fraction of sp³-hybridized carbons (Fsp3) is 0.308. The first-order chi connectivity index (χ1) is 9.61. The van der Waals surface area contributed by atoms with Crippen molar-refractivity contribution in [3.8, 4) is 0 Å². The Hall–Kier alpha value is -1.66. The summed E-state index contributed by atoms with van der Waals surface area (Å²) in [6.07, 6.45) is 0.974. The van der Waals surface area contributed by atoms with Crippen LogP contribution in [-0.4, -0.2) is 23.3 Å². The minimum Gasteiger partial charge on any atom is -0.355 e. The minimum absolute atomic E-state index is 0.00341. The average molecular weight is 310 g/mol. The fourth-order valence-electron chi connectivity index (χ4n) is 2.12. The zero-order chi connectivity index (χ0) is 14.1. The molecule has 7 heteroatoms. The van der Waals surface area contributed by atoms with Crippen LogP contribution in [-0.2, 0) is 9.59 Å². The van der Waals surface area contributed by atoms with E-state index in [2.05, 4.69) is 15.6 Å². The molecule has 104 valence electrons. The molecule has 1 aromatic carbocycles. The molecule has 1 aromatic heterocycles. The zero-order valence-electron chi connectivity index (χ0n) is 10.5. The number of carbonyl (C=O) groups excluding carboxylic acids is 2. The van der Waals surface area contributed by atoms with Crippen molar-refractivity contribution in [2.24, 2.45) is 5.92 Å². The minimum atomic E-state index is -0.191. The Morgan fingerprint density at radius 1 is 1.50 bits per heavy atom. The summed E-state index contributed by atoms with van der Waals surface area (Å²) < 4.78 is 0.935. The van der Waals surface area contributed by atoms with Gasteiger partial charge in [-0.2, -0.15) is 0 Å². The van der Waals surface area contributed by atoms with Gasteiger partial charge in [0.1, 0.15) is 0 Å². The normalized spacial score (nSPS) is 18.9. The molecule has 1 aliphatic rings. The van der Waals surface area contributed by atoms with Crippen LogP contribution in [0.2, 0.25) is 5.02 Å². The number of nitrogens with one attached hydrogen (secondary N) is 2. The highest BCUT2D eigenvalue weighted by atomic mass is 35.5. The lowest BCUT2D eigenvalue weighted by atomic mass is 9.98. The van der Waals surface area contributed by atoms with E-state index in [4.69, 9.17) is 11.6 Å². The Bertz CT molecular complexity index is 675. The first-order valence-electron chi connectivity index (χ1n) is 6.25. The van der Waals surface area contributed by atoms with Crippen LogP contribution in [0.25, 0.3) is 10.2 Å². The van der Waals surface area contributed by atoms with E-state index in [0.717, 1.165) is 10.2 Å². The van der Waals surface area contributed by atoms with Gasteiger partial charge in [0.2, 0.25) is 11.8 Å². The topological polar surface area (TPSA) is 71.1 Å². The van der Waals surface area contributed by atoms with Crippen LogP contribution < -0.4 is 10.6 Å². The number of benzene rings is 1. The molecule has 0 saturated carbocycles. The predicted molar refractivity (Wildman–Crippen MR) is 79.0 cm³/mol. The van der Waals surface area contributed by atoms with Gasteiger partial charge in [-0.3, -0.25) is 9.59 Å². The summed E-state index contributed by atoms with van der Waals surface area (Å²) in [5.74, 6) is -0.290. The summed E-state index contributed by atoms with van der Waals surface area (Å²) in [4.78, 5) is 27.5. The van der Waals surface area contributed by atoms with Crippen LogP contribution in [0.5, 0.6) is 0 Å². The van der Waals surface area contributed by atoms with Crippen LogP contribution in [0.4, 0.5) is 5.13 Å². The molecule has 2 aromatic rings. The molecule has 0 bridgehead atoms. The van der Waals surface area contributed by atoms with Crippen LogP contribution in [0.15, 0.2) is 18.2 Å². The van der Waals surface area contributed by atoms with Gasteiger partial charge in [0.05, 0.1) is 16.1 Å². The maximum atomic E-state index is 12.1. The summed E-state index contributed by atoms with van der Waals surface area (Å²) in [5, 5.41) is 6.71. The summed E-state index contributed by atoms with van der Waals surface area (Å²) in [6, 6.07) is 5.42. The standard InChI is InChI=1S/C13H12ClN3O2S/c14-8-2-3-9-10(5-8)20-13(16-9)17-12(19)7-1-4-11(18)15-6-7/h2-3,5,7H,1,4,6H2,(H,15,18)(H,16,17,19). The molecule has 2 heterocycles. The maximum absolute atomic E-state index is 12.1. The third-order valence-electron chi connectivity index (χ3n) is 3.22. The van der Waals surface area contributed by atoms with Crippen LogP contribution in [0.3, 0.4) is 0 Å². The van der Waals surface area contributed by atoms with E-state index in [1.54, 1.807) is 6.07 Å². The van der Waals surface area contributed by atoms with Crippen molar-refractivity contribution >= 4 is 50.1 Å². The molecule has 1 aliphatic heterocycles. The third-order valence-corrected chi connectivity index (χ3v) is 4.39. The van der Waals surface area contributed by atoms with Gasteiger partial charge in [-0.15, -0.1) is 0 Å². The highest BCUT2D eigenvalue weighted by Crippen LogP contribution is 2.28. The number of piperidine rings is 1. The highest BCUT2D eigenvalue weighted by Gasteiger charge is 2.25. The third kappa shape index (κ3) is 2.76. The second kappa shape index (κ2) is 5.38. The number of anilines is 1. The van der Waals surface area contributed by atoms with Crippen LogP contribution in [0, 0.1) is 5.92 Å². The van der Waals surface area contributed by atoms with E-state index < -0.39 is 0 Å². The molecular formula is C13H12ClN3O2S. The van der Waals surface area contributed by atoms with Gasteiger partial charge >= 0.3 is 0 Å². The van der Waals surface area contributed by atoms with E-state index in [1.807, 2.05) is 12.1 Å². The lowest BCUT2D eigenvalue weighted by molar-refractivity contribution is -0.126. The number of rotatable bonds is 2.